The molecule has 2 rings (SSSR count). The highest BCUT2D eigenvalue weighted by molar-refractivity contribution is 5.84. The van der Waals surface area contributed by atoms with E-state index in [4.69, 9.17) is 9.47 Å². The van der Waals surface area contributed by atoms with Crippen LogP contribution in [0.1, 0.15) is 57.4 Å². The van der Waals surface area contributed by atoms with Crippen LogP contribution < -0.4 is 14.8 Å². The standard InChI is InChI=1S/C21H33NO4/c1-15(2)19(16-8-9-17(25-3)18(12-16)26-4)20(24)22-13-21(14-23)10-6-5-7-11-21/h8-9,12,15,19,23H,5-7,10-11,13-14H2,1-4H3,(H,22,24). The Labute approximate surface area is 157 Å². The number of methoxy groups -OCH3 is 2. The molecular formula is C21H33NO4. The van der Waals surface area contributed by atoms with Gasteiger partial charge in [-0.25, -0.2) is 0 Å². The normalized spacial score (nSPS) is 17.6. The number of amides is 1. The molecule has 0 radical (unpaired) electrons. The fourth-order valence-electron chi connectivity index (χ4n) is 3.96. The van der Waals surface area contributed by atoms with E-state index in [2.05, 4.69) is 5.32 Å². The van der Waals surface area contributed by atoms with Crippen molar-refractivity contribution in [2.75, 3.05) is 27.4 Å². The van der Waals surface area contributed by atoms with E-state index in [-0.39, 0.29) is 29.8 Å². The lowest BCUT2D eigenvalue weighted by molar-refractivity contribution is -0.124. The molecule has 1 aliphatic rings. The second-order valence-corrected chi connectivity index (χ2v) is 7.77. The highest BCUT2D eigenvalue weighted by atomic mass is 16.5. The quantitative estimate of drug-likeness (QED) is 0.742. The summed E-state index contributed by atoms with van der Waals surface area (Å²) in [6.45, 7) is 4.77. The van der Waals surface area contributed by atoms with Crippen LogP contribution in [0.15, 0.2) is 18.2 Å². The molecule has 1 aromatic rings. The van der Waals surface area contributed by atoms with E-state index >= 15 is 0 Å². The number of ether oxygens (including phenoxy) is 2. The summed E-state index contributed by atoms with van der Waals surface area (Å²) >= 11 is 0. The minimum absolute atomic E-state index is 0.00520. The predicted molar refractivity (Wildman–Crippen MR) is 103 cm³/mol. The summed E-state index contributed by atoms with van der Waals surface area (Å²) in [6.07, 6.45) is 5.42. The highest BCUT2D eigenvalue weighted by Gasteiger charge is 2.33. The Morgan fingerprint density at radius 2 is 1.81 bits per heavy atom. The van der Waals surface area contributed by atoms with Crippen molar-refractivity contribution in [3.63, 3.8) is 0 Å². The molecule has 1 amide bonds. The minimum Gasteiger partial charge on any atom is -0.493 e. The molecule has 1 atom stereocenters. The van der Waals surface area contributed by atoms with Gasteiger partial charge in [-0.3, -0.25) is 4.79 Å². The zero-order valence-electron chi connectivity index (χ0n) is 16.5. The number of hydrogen-bond donors (Lipinski definition) is 2. The van der Waals surface area contributed by atoms with Gasteiger partial charge in [0.15, 0.2) is 11.5 Å². The first-order valence-electron chi connectivity index (χ1n) is 9.57. The van der Waals surface area contributed by atoms with Crippen LogP contribution >= 0.6 is 0 Å². The lowest BCUT2D eigenvalue weighted by Gasteiger charge is -2.36. The number of aliphatic hydroxyl groups excluding tert-OH is 1. The summed E-state index contributed by atoms with van der Waals surface area (Å²) in [7, 11) is 3.20. The Kier molecular flexibility index (Phi) is 7.33. The van der Waals surface area contributed by atoms with Crippen molar-refractivity contribution in [3.05, 3.63) is 23.8 Å². The van der Waals surface area contributed by atoms with Gasteiger partial charge in [0, 0.05) is 12.0 Å². The van der Waals surface area contributed by atoms with Crippen LogP contribution in [-0.2, 0) is 4.79 Å². The first-order valence-corrected chi connectivity index (χ1v) is 9.57. The molecule has 0 bridgehead atoms. The Morgan fingerprint density at radius 3 is 2.35 bits per heavy atom. The first-order chi connectivity index (χ1) is 12.5. The van der Waals surface area contributed by atoms with Gasteiger partial charge in [-0.2, -0.15) is 0 Å². The summed E-state index contributed by atoms with van der Waals surface area (Å²) in [6, 6.07) is 5.65. The van der Waals surface area contributed by atoms with E-state index in [1.165, 1.54) is 6.42 Å². The van der Waals surface area contributed by atoms with Crippen molar-refractivity contribution in [3.8, 4) is 11.5 Å². The van der Waals surface area contributed by atoms with Gasteiger partial charge in [-0.15, -0.1) is 0 Å². The highest BCUT2D eigenvalue weighted by Crippen LogP contribution is 2.36. The molecule has 1 aromatic carbocycles. The number of carbonyl (C=O) groups is 1. The van der Waals surface area contributed by atoms with Crippen molar-refractivity contribution in [1.82, 2.24) is 5.32 Å². The second-order valence-electron chi connectivity index (χ2n) is 7.77. The zero-order valence-corrected chi connectivity index (χ0v) is 16.5. The van der Waals surface area contributed by atoms with Crippen LogP contribution in [0.4, 0.5) is 0 Å². The first kappa shape index (κ1) is 20.6. The summed E-state index contributed by atoms with van der Waals surface area (Å²) in [5.74, 6) is 1.16. The van der Waals surface area contributed by atoms with Crippen LogP contribution in [0.25, 0.3) is 0 Å². The van der Waals surface area contributed by atoms with E-state index in [0.29, 0.717) is 18.0 Å². The molecule has 0 spiro atoms. The summed E-state index contributed by atoms with van der Waals surface area (Å²) in [5, 5.41) is 13.0. The number of aliphatic hydroxyl groups is 1. The maximum atomic E-state index is 13.0. The van der Waals surface area contributed by atoms with Crippen LogP contribution in [0.3, 0.4) is 0 Å². The van der Waals surface area contributed by atoms with Gasteiger partial charge in [0.05, 0.1) is 26.7 Å². The summed E-state index contributed by atoms with van der Waals surface area (Å²) in [4.78, 5) is 13.0. The van der Waals surface area contributed by atoms with Gasteiger partial charge in [0.1, 0.15) is 0 Å². The number of nitrogens with one attached hydrogen (secondary N) is 1. The molecule has 2 N–H and O–H groups in total. The van der Waals surface area contributed by atoms with Gasteiger partial charge in [0.25, 0.3) is 0 Å². The van der Waals surface area contributed by atoms with Gasteiger partial charge in [-0.1, -0.05) is 39.2 Å². The molecule has 0 saturated heterocycles. The van der Waals surface area contributed by atoms with E-state index in [1.807, 2.05) is 32.0 Å². The number of carbonyl (C=O) groups excluding carboxylic acids is 1. The number of rotatable bonds is 8. The lowest BCUT2D eigenvalue weighted by atomic mass is 9.74. The zero-order chi connectivity index (χ0) is 19.2. The molecule has 5 heteroatoms. The molecule has 0 aromatic heterocycles. The van der Waals surface area contributed by atoms with Crippen molar-refractivity contribution < 1.29 is 19.4 Å². The SMILES string of the molecule is COc1ccc(C(C(=O)NCC2(CO)CCCCC2)C(C)C)cc1OC. The van der Waals surface area contributed by atoms with Gasteiger partial charge < -0.3 is 19.9 Å². The lowest BCUT2D eigenvalue weighted by Crippen LogP contribution is -2.43. The average molecular weight is 363 g/mol. The second kappa shape index (κ2) is 9.26. The van der Waals surface area contributed by atoms with E-state index < -0.39 is 0 Å². The molecule has 26 heavy (non-hydrogen) atoms. The van der Waals surface area contributed by atoms with Crippen LogP contribution in [0, 0.1) is 11.3 Å². The fraction of sp³-hybridized carbons (Fsp3) is 0.667. The van der Waals surface area contributed by atoms with Crippen molar-refractivity contribution >= 4 is 5.91 Å². The monoisotopic (exact) mass is 363 g/mol. The third-order valence-electron chi connectivity index (χ3n) is 5.60. The Hall–Kier alpha value is -1.75. The minimum atomic E-state index is -0.269. The Morgan fingerprint density at radius 1 is 1.15 bits per heavy atom. The third-order valence-corrected chi connectivity index (χ3v) is 5.60. The van der Waals surface area contributed by atoms with E-state index in [9.17, 15) is 9.90 Å². The topological polar surface area (TPSA) is 67.8 Å². The molecular weight excluding hydrogens is 330 g/mol. The van der Waals surface area contributed by atoms with E-state index in [0.717, 1.165) is 31.2 Å². The van der Waals surface area contributed by atoms with Crippen LogP contribution in [0.5, 0.6) is 11.5 Å². The number of hydrogen-bond acceptors (Lipinski definition) is 4. The molecule has 1 unspecified atom stereocenters. The fourth-order valence-corrected chi connectivity index (χ4v) is 3.96. The molecule has 5 nitrogen and oxygen atoms in total. The molecule has 0 aliphatic heterocycles. The van der Waals surface area contributed by atoms with Crippen LogP contribution in [0.2, 0.25) is 0 Å². The smallest absolute Gasteiger partial charge is 0.227 e. The van der Waals surface area contributed by atoms with Gasteiger partial charge in [0.2, 0.25) is 5.91 Å². The number of benzene rings is 1. The largest absolute Gasteiger partial charge is 0.493 e. The molecule has 1 saturated carbocycles. The molecule has 1 aliphatic carbocycles. The molecule has 1 fully saturated rings. The van der Waals surface area contributed by atoms with Gasteiger partial charge in [-0.05, 0) is 36.5 Å². The van der Waals surface area contributed by atoms with Gasteiger partial charge >= 0.3 is 0 Å². The maximum absolute atomic E-state index is 13.0. The summed E-state index contributed by atoms with van der Waals surface area (Å²) in [5.41, 5.74) is 0.754. The van der Waals surface area contributed by atoms with Crippen molar-refractivity contribution in [2.45, 2.75) is 51.9 Å². The molecule has 0 heterocycles. The third kappa shape index (κ3) is 4.70. The Bertz CT molecular complexity index is 594. The van der Waals surface area contributed by atoms with Crippen molar-refractivity contribution in [1.29, 1.82) is 0 Å². The predicted octanol–water partition coefficient (Wildman–Crippen LogP) is 3.50. The maximum Gasteiger partial charge on any atom is 0.227 e. The van der Waals surface area contributed by atoms with E-state index in [1.54, 1.807) is 14.2 Å². The van der Waals surface area contributed by atoms with Crippen LogP contribution in [-0.4, -0.2) is 38.4 Å². The average Bonchev–Trinajstić information content (AvgIpc) is 2.66. The summed E-state index contributed by atoms with van der Waals surface area (Å²) < 4.78 is 10.7. The Balaban J connectivity index is 2.15. The molecule has 146 valence electrons. The van der Waals surface area contributed by atoms with Crippen molar-refractivity contribution in [2.24, 2.45) is 11.3 Å².